The summed E-state index contributed by atoms with van der Waals surface area (Å²) in [6.07, 6.45) is 3.76. The molecule has 0 spiro atoms. The first kappa shape index (κ1) is 17.2. The van der Waals surface area contributed by atoms with Crippen LogP contribution in [0.1, 0.15) is 36.0 Å². The van der Waals surface area contributed by atoms with Crippen LogP contribution in [-0.4, -0.2) is 66.2 Å². The number of carbonyl (C=O) groups excluding carboxylic acids is 1. The second-order valence-electron chi connectivity index (χ2n) is 6.88. The lowest BCUT2D eigenvalue weighted by Gasteiger charge is -2.41. The normalized spacial score (nSPS) is 25.0. The molecule has 2 saturated heterocycles. The van der Waals surface area contributed by atoms with Crippen molar-refractivity contribution in [3.63, 3.8) is 0 Å². The van der Waals surface area contributed by atoms with Crippen molar-refractivity contribution in [1.29, 1.82) is 0 Å². The van der Waals surface area contributed by atoms with Crippen molar-refractivity contribution in [3.8, 4) is 5.75 Å². The molecule has 2 aliphatic rings. The topological polar surface area (TPSA) is 53.0 Å². The van der Waals surface area contributed by atoms with E-state index in [0.717, 1.165) is 19.5 Å². The molecule has 1 atom stereocenters. The van der Waals surface area contributed by atoms with Crippen molar-refractivity contribution in [2.75, 3.05) is 39.8 Å². The molecule has 2 fully saturated rings. The summed E-state index contributed by atoms with van der Waals surface area (Å²) in [6, 6.07) is 3.94. The number of ether oxygens (including phenoxy) is 1. The Kier molecular flexibility index (Phi) is 5.06. The van der Waals surface area contributed by atoms with E-state index in [1.54, 1.807) is 4.90 Å². The molecule has 3 rings (SSSR count). The zero-order chi connectivity index (χ0) is 17.2. The predicted molar refractivity (Wildman–Crippen MR) is 88.7 cm³/mol. The summed E-state index contributed by atoms with van der Waals surface area (Å²) in [4.78, 5) is 16.7. The monoisotopic (exact) mass is 336 g/mol. The highest BCUT2D eigenvalue weighted by atomic mass is 19.1. The minimum atomic E-state index is -0.890. The number of aliphatic hydroxyl groups is 1. The van der Waals surface area contributed by atoms with Crippen LogP contribution < -0.4 is 4.74 Å². The van der Waals surface area contributed by atoms with Crippen molar-refractivity contribution in [2.45, 2.75) is 31.3 Å². The number of hydrogen-bond acceptors (Lipinski definition) is 4. The summed E-state index contributed by atoms with van der Waals surface area (Å²) in [5.41, 5.74) is -0.679. The van der Waals surface area contributed by atoms with Gasteiger partial charge in [0.15, 0.2) is 0 Å². The molecule has 0 aromatic heterocycles. The molecule has 132 valence electrons. The molecule has 6 heteroatoms. The van der Waals surface area contributed by atoms with Crippen LogP contribution in [0.3, 0.4) is 0 Å². The first-order valence-electron chi connectivity index (χ1n) is 8.58. The van der Waals surface area contributed by atoms with Gasteiger partial charge in [0.05, 0.1) is 24.8 Å². The van der Waals surface area contributed by atoms with E-state index in [1.165, 1.54) is 38.2 Å². The fraction of sp³-hybridized carbons (Fsp3) is 0.611. The number of piperidine rings is 1. The number of nitrogens with zero attached hydrogens (tertiary/aromatic N) is 2. The Morgan fingerprint density at radius 1 is 1.29 bits per heavy atom. The molecule has 0 bridgehead atoms. The first-order chi connectivity index (χ1) is 11.5. The summed E-state index contributed by atoms with van der Waals surface area (Å²) < 4.78 is 18.7. The van der Waals surface area contributed by atoms with Gasteiger partial charge < -0.3 is 19.6 Å². The minimum absolute atomic E-state index is 0.211. The molecule has 1 N–H and O–H groups in total. The number of benzene rings is 1. The van der Waals surface area contributed by atoms with Gasteiger partial charge in [-0.05, 0) is 57.0 Å². The van der Waals surface area contributed by atoms with Crippen LogP contribution in [0.2, 0.25) is 0 Å². The second kappa shape index (κ2) is 7.07. The average molecular weight is 336 g/mol. The number of hydrogen-bond donors (Lipinski definition) is 1. The van der Waals surface area contributed by atoms with E-state index in [9.17, 15) is 14.3 Å². The van der Waals surface area contributed by atoms with Gasteiger partial charge in [-0.3, -0.25) is 4.79 Å². The molecule has 1 aromatic carbocycles. The number of carbonyl (C=O) groups is 1. The van der Waals surface area contributed by atoms with Crippen molar-refractivity contribution in [1.82, 2.24) is 9.80 Å². The third-order valence-corrected chi connectivity index (χ3v) is 4.95. The minimum Gasteiger partial charge on any atom is -0.496 e. The van der Waals surface area contributed by atoms with Gasteiger partial charge in [-0.2, -0.15) is 0 Å². The molecule has 24 heavy (non-hydrogen) atoms. The van der Waals surface area contributed by atoms with Crippen LogP contribution in [0, 0.1) is 5.82 Å². The lowest BCUT2D eigenvalue weighted by Crippen LogP contribution is -2.55. The molecule has 1 unspecified atom stereocenters. The van der Waals surface area contributed by atoms with Crippen LogP contribution in [0.25, 0.3) is 0 Å². The SMILES string of the molecule is COc1ccc(F)cc1C(=O)N1CCCC(O)(CN2CCCC2)C1. The smallest absolute Gasteiger partial charge is 0.257 e. The molecular weight excluding hydrogens is 311 g/mol. The maximum Gasteiger partial charge on any atom is 0.257 e. The Labute approximate surface area is 142 Å². The molecule has 0 aliphatic carbocycles. The van der Waals surface area contributed by atoms with Gasteiger partial charge in [0, 0.05) is 13.1 Å². The maximum absolute atomic E-state index is 13.6. The van der Waals surface area contributed by atoms with Crippen LogP contribution in [-0.2, 0) is 0 Å². The van der Waals surface area contributed by atoms with Gasteiger partial charge >= 0.3 is 0 Å². The van der Waals surface area contributed by atoms with Gasteiger partial charge in [0.25, 0.3) is 5.91 Å². The van der Waals surface area contributed by atoms with Gasteiger partial charge in [0.1, 0.15) is 11.6 Å². The van der Waals surface area contributed by atoms with E-state index in [-0.39, 0.29) is 18.0 Å². The number of likely N-dealkylation sites (tertiary alicyclic amines) is 2. The van der Waals surface area contributed by atoms with E-state index in [0.29, 0.717) is 25.3 Å². The van der Waals surface area contributed by atoms with E-state index in [2.05, 4.69) is 4.90 Å². The van der Waals surface area contributed by atoms with E-state index < -0.39 is 11.4 Å². The molecule has 2 heterocycles. The average Bonchev–Trinajstić information content (AvgIpc) is 3.06. The Hall–Kier alpha value is -1.66. The summed E-state index contributed by atoms with van der Waals surface area (Å²) in [7, 11) is 1.46. The van der Waals surface area contributed by atoms with Crippen LogP contribution >= 0.6 is 0 Å². The number of halogens is 1. The van der Waals surface area contributed by atoms with Crippen molar-refractivity contribution < 1.29 is 19.0 Å². The molecule has 0 saturated carbocycles. The van der Waals surface area contributed by atoms with E-state index in [4.69, 9.17) is 4.74 Å². The first-order valence-corrected chi connectivity index (χ1v) is 8.58. The summed E-state index contributed by atoms with van der Waals surface area (Å²) in [6.45, 7) is 3.46. The summed E-state index contributed by atoms with van der Waals surface area (Å²) in [5.74, 6) is -0.399. The van der Waals surface area contributed by atoms with Crippen molar-refractivity contribution >= 4 is 5.91 Å². The fourth-order valence-corrected chi connectivity index (χ4v) is 3.79. The maximum atomic E-state index is 13.6. The highest BCUT2D eigenvalue weighted by molar-refractivity contribution is 5.97. The Morgan fingerprint density at radius 3 is 2.75 bits per heavy atom. The number of methoxy groups -OCH3 is 1. The van der Waals surface area contributed by atoms with Crippen molar-refractivity contribution in [2.24, 2.45) is 0 Å². The van der Waals surface area contributed by atoms with Gasteiger partial charge in [-0.25, -0.2) is 4.39 Å². The molecule has 2 aliphatic heterocycles. The lowest BCUT2D eigenvalue weighted by molar-refractivity contribution is -0.0431. The van der Waals surface area contributed by atoms with Crippen LogP contribution in [0.4, 0.5) is 4.39 Å². The second-order valence-corrected chi connectivity index (χ2v) is 6.88. The predicted octanol–water partition coefficient (Wildman–Crippen LogP) is 1.90. The summed E-state index contributed by atoms with van der Waals surface area (Å²) in [5, 5.41) is 10.9. The van der Waals surface area contributed by atoms with Crippen LogP contribution in [0.5, 0.6) is 5.75 Å². The van der Waals surface area contributed by atoms with E-state index in [1.807, 2.05) is 0 Å². The number of amides is 1. The number of β-amino-alcohol motifs (C(OH)–C–C–N with tert-alkyl or cyclic N) is 1. The molecule has 5 nitrogen and oxygen atoms in total. The third kappa shape index (κ3) is 3.70. The Bertz CT molecular complexity index is 604. The van der Waals surface area contributed by atoms with Gasteiger partial charge in [-0.1, -0.05) is 0 Å². The molecule has 1 aromatic rings. The van der Waals surface area contributed by atoms with Crippen molar-refractivity contribution in [3.05, 3.63) is 29.6 Å². The Balaban J connectivity index is 1.74. The fourth-order valence-electron chi connectivity index (χ4n) is 3.79. The van der Waals surface area contributed by atoms with Gasteiger partial charge in [0.2, 0.25) is 0 Å². The quantitative estimate of drug-likeness (QED) is 0.912. The molecule has 0 radical (unpaired) electrons. The number of rotatable bonds is 4. The molecular formula is C18H25FN2O3. The van der Waals surface area contributed by atoms with Gasteiger partial charge in [-0.15, -0.1) is 0 Å². The highest BCUT2D eigenvalue weighted by Crippen LogP contribution is 2.27. The summed E-state index contributed by atoms with van der Waals surface area (Å²) >= 11 is 0. The van der Waals surface area contributed by atoms with Crippen LogP contribution in [0.15, 0.2) is 18.2 Å². The lowest BCUT2D eigenvalue weighted by atomic mass is 9.91. The molecule has 1 amide bonds. The standard InChI is InChI=1S/C18H25FN2O3/c1-24-16-6-5-14(19)11-15(16)17(22)21-10-4-7-18(23,13-21)12-20-8-2-3-9-20/h5-6,11,23H,2-4,7-10,12-13H2,1H3. The zero-order valence-electron chi connectivity index (χ0n) is 14.1. The third-order valence-electron chi connectivity index (χ3n) is 4.95. The zero-order valence-corrected chi connectivity index (χ0v) is 14.1. The van der Waals surface area contributed by atoms with E-state index >= 15 is 0 Å². The highest BCUT2D eigenvalue weighted by Gasteiger charge is 2.38. The Morgan fingerprint density at radius 2 is 2.04 bits per heavy atom. The largest absolute Gasteiger partial charge is 0.496 e.